The smallest absolute Gasteiger partial charge is 0.164 e. The van der Waals surface area contributed by atoms with Gasteiger partial charge in [-0.3, -0.25) is 4.90 Å². The number of aryl methyl sites for hydroxylation is 1. The van der Waals surface area contributed by atoms with Gasteiger partial charge in [0.1, 0.15) is 16.7 Å². The third kappa shape index (κ3) is 2.28. The van der Waals surface area contributed by atoms with Gasteiger partial charge in [-0.15, -0.1) is 0 Å². The van der Waals surface area contributed by atoms with E-state index in [0.717, 1.165) is 65.5 Å². The van der Waals surface area contributed by atoms with Gasteiger partial charge >= 0.3 is 0 Å². The number of rotatable bonds is 2. The van der Waals surface area contributed by atoms with Crippen molar-refractivity contribution in [1.82, 2.24) is 24.6 Å². The van der Waals surface area contributed by atoms with Gasteiger partial charge in [0.15, 0.2) is 5.65 Å². The average molecular weight is 391 g/mol. The van der Waals surface area contributed by atoms with Crippen LogP contribution >= 0.6 is 15.9 Å². The zero-order valence-electron chi connectivity index (χ0n) is 14.0. The molecule has 3 unspecified atom stereocenters. The van der Waals surface area contributed by atoms with Gasteiger partial charge in [0.05, 0.1) is 5.39 Å². The summed E-state index contributed by atoms with van der Waals surface area (Å²) >= 11 is 3.57. The maximum atomic E-state index is 4.58. The van der Waals surface area contributed by atoms with Crippen LogP contribution in [0.5, 0.6) is 0 Å². The maximum Gasteiger partial charge on any atom is 0.164 e. The van der Waals surface area contributed by atoms with Gasteiger partial charge in [0.25, 0.3) is 0 Å². The van der Waals surface area contributed by atoms with Crippen LogP contribution in [0.15, 0.2) is 10.9 Å². The second-order valence-electron chi connectivity index (χ2n) is 7.58. The topological polar surface area (TPSA) is 50.1 Å². The Morgan fingerprint density at radius 3 is 2.62 bits per heavy atom. The van der Waals surface area contributed by atoms with Gasteiger partial charge in [-0.25, -0.2) is 14.6 Å². The monoisotopic (exact) mass is 390 g/mol. The largest absolute Gasteiger partial charge is 0.353 e. The van der Waals surface area contributed by atoms with Gasteiger partial charge in [-0.05, 0) is 47.0 Å². The highest BCUT2D eigenvalue weighted by Gasteiger charge is 2.42. The standard InChI is InChI=1S/C17H23BrN6/c1-22-16-14(15(18)21-22)17(20-10-19-16)24-6-4-23(5-7-24)13-9-11-2-3-12(13)8-11/h10-13H,2-9H2,1H3. The minimum absolute atomic E-state index is 0.839. The average Bonchev–Trinajstić information content (AvgIpc) is 3.31. The zero-order valence-corrected chi connectivity index (χ0v) is 15.6. The molecule has 2 aromatic rings. The van der Waals surface area contributed by atoms with E-state index in [2.05, 4.69) is 40.8 Å². The third-order valence-electron chi connectivity index (χ3n) is 6.34. The van der Waals surface area contributed by atoms with Crippen molar-refractivity contribution in [2.45, 2.75) is 31.7 Å². The molecule has 3 atom stereocenters. The quantitative estimate of drug-likeness (QED) is 0.787. The molecule has 2 bridgehead atoms. The highest BCUT2D eigenvalue weighted by atomic mass is 79.9. The molecule has 3 heterocycles. The van der Waals surface area contributed by atoms with Crippen molar-refractivity contribution < 1.29 is 0 Å². The Kier molecular flexibility index (Phi) is 3.56. The predicted molar refractivity (Wildman–Crippen MR) is 97.0 cm³/mol. The molecular weight excluding hydrogens is 368 g/mol. The van der Waals surface area contributed by atoms with Crippen molar-refractivity contribution in [3.8, 4) is 0 Å². The van der Waals surface area contributed by atoms with E-state index in [1.807, 2.05) is 11.7 Å². The summed E-state index contributed by atoms with van der Waals surface area (Å²) in [5.74, 6) is 3.01. The fraction of sp³-hybridized carbons (Fsp3) is 0.706. The van der Waals surface area contributed by atoms with E-state index in [1.54, 1.807) is 6.33 Å². The number of nitrogens with zero attached hydrogens (tertiary/aromatic N) is 6. The zero-order chi connectivity index (χ0) is 16.3. The molecule has 0 amide bonds. The molecule has 2 aromatic heterocycles. The second kappa shape index (κ2) is 5.66. The van der Waals surface area contributed by atoms with Crippen LogP contribution in [0.3, 0.4) is 0 Å². The first kappa shape index (κ1) is 15.1. The van der Waals surface area contributed by atoms with Gasteiger partial charge < -0.3 is 4.90 Å². The molecule has 0 N–H and O–H groups in total. The number of hydrogen-bond acceptors (Lipinski definition) is 5. The molecule has 3 aliphatic rings. The van der Waals surface area contributed by atoms with Crippen LogP contribution in [0, 0.1) is 11.8 Å². The number of fused-ring (bicyclic) bond motifs is 3. The summed E-state index contributed by atoms with van der Waals surface area (Å²) in [5, 5.41) is 5.48. The summed E-state index contributed by atoms with van der Waals surface area (Å²) in [6, 6.07) is 0.849. The molecule has 24 heavy (non-hydrogen) atoms. The Morgan fingerprint density at radius 2 is 1.92 bits per heavy atom. The molecule has 3 fully saturated rings. The summed E-state index contributed by atoms with van der Waals surface area (Å²) < 4.78 is 2.65. The van der Waals surface area contributed by atoms with E-state index in [1.165, 1.54) is 25.7 Å². The Labute approximate surface area is 150 Å². The Hall–Kier alpha value is -1.21. The molecule has 5 rings (SSSR count). The van der Waals surface area contributed by atoms with Crippen LogP contribution in [0.1, 0.15) is 25.7 Å². The van der Waals surface area contributed by atoms with Gasteiger partial charge in [0.2, 0.25) is 0 Å². The van der Waals surface area contributed by atoms with Crippen LogP contribution in [0.2, 0.25) is 0 Å². The van der Waals surface area contributed by atoms with E-state index >= 15 is 0 Å². The minimum Gasteiger partial charge on any atom is -0.353 e. The number of aromatic nitrogens is 4. The molecule has 7 heteroatoms. The van der Waals surface area contributed by atoms with Crippen LogP contribution < -0.4 is 4.90 Å². The summed E-state index contributed by atoms with van der Waals surface area (Å²) in [6.45, 7) is 4.39. The van der Waals surface area contributed by atoms with Gasteiger partial charge in [-0.1, -0.05) is 6.42 Å². The fourth-order valence-corrected chi connectivity index (χ4v) is 5.78. The normalized spacial score (nSPS) is 30.6. The summed E-state index contributed by atoms with van der Waals surface area (Å²) in [7, 11) is 1.93. The lowest BCUT2D eigenvalue weighted by Crippen LogP contribution is -2.52. The van der Waals surface area contributed by atoms with Crippen molar-refractivity contribution in [3.05, 3.63) is 10.9 Å². The SMILES string of the molecule is Cn1nc(Br)c2c(N3CCN(C4CC5CCC4C5)CC3)ncnc21. The molecule has 1 saturated heterocycles. The first-order valence-corrected chi connectivity index (χ1v) is 9.82. The van der Waals surface area contributed by atoms with Crippen LogP contribution in [-0.2, 0) is 7.05 Å². The summed E-state index contributed by atoms with van der Waals surface area (Å²) in [4.78, 5) is 14.1. The maximum absolute atomic E-state index is 4.58. The van der Waals surface area contributed by atoms with Crippen LogP contribution in [0.25, 0.3) is 11.0 Å². The lowest BCUT2D eigenvalue weighted by molar-refractivity contribution is 0.135. The van der Waals surface area contributed by atoms with E-state index in [-0.39, 0.29) is 0 Å². The highest BCUT2D eigenvalue weighted by molar-refractivity contribution is 9.10. The fourth-order valence-electron chi connectivity index (χ4n) is 5.19. The highest BCUT2D eigenvalue weighted by Crippen LogP contribution is 2.46. The molecular formula is C17H23BrN6. The lowest BCUT2D eigenvalue weighted by Gasteiger charge is -2.41. The molecule has 2 saturated carbocycles. The Morgan fingerprint density at radius 1 is 1.08 bits per heavy atom. The number of piperazine rings is 1. The molecule has 0 spiro atoms. The Balaban J connectivity index is 1.35. The van der Waals surface area contributed by atoms with Gasteiger partial charge in [0, 0.05) is 39.3 Å². The Bertz CT molecular complexity index is 766. The van der Waals surface area contributed by atoms with E-state index in [4.69, 9.17) is 0 Å². The van der Waals surface area contributed by atoms with Crippen molar-refractivity contribution in [3.63, 3.8) is 0 Å². The summed E-state index contributed by atoms with van der Waals surface area (Å²) in [5.41, 5.74) is 0.891. The number of hydrogen-bond donors (Lipinski definition) is 0. The van der Waals surface area contributed by atoms with Crippen molar-refractivity contribution in [2.24, 2.45) is 18.9 Å². The summed E-state index contributed by atoms with van der Waals surface area (Å²) in [6.07, 6.45) is 7.53. The van der Waals surface area contributed by atoms with E-state index < -0.39 is 0 Å². The van der Waals surface area contributed by atoms with Crippen LogP contribution in [-0.4, -0.2) is 56.9 Å². The predicted octanol–water partition coefficient (Wildman–Crippen LogP) is 2.44. The molecule has 2 aliphatic carbocycles. The van der Waals surface area contributed by atoms with Gasteiger partial charge in [-0.2, -0.15) is 5.10 Å². The van der Waals surface area contributed by atoms with Crippen molar-refractivity contribution >= 4 is 32.8 Å². The lowest BCUT2D eigenvalue weighted by atomic mass is 9.93. The molecule has 6 nitrogen and oxygen atoms in total. The number of halogens is 1. The number of anilines is 1. The molecule has 128 valence electrons. The first-order chi connectivity index (χ1) is 11.7. The van der Waals surface area contributed by atoms with E-state index in [9.17, 15) is 0 Å². The molecule has 1 aliphatic heterocycles. The van der Waals surface area contributed by atoms with Crippen molar-refractivity contribution in [1.29, 1.82) is 0 Å². The second-order valence-corrected chi connectivity index (χ2v) is 8.33. The third-order valence-corrected chi connectivity index (χ3v) is 6.90. The minimum atomic E-state index is 0.839. The van der Waals surface area contributed by atoms with Crippen molar-refractivity contribution in [2.75, 3.05) is 31.1 Å². The van der Waals surface area contributed by atoms with E-state index in [0.29, 0.717) is 0 Å². The molecule has 0 radical (unpaired) electrons. The van der Waals surface area contributed by atoms with Crippen LogP contribution in [0.4, 0.5) is 5.82 Å². The first-order valence-electron chi connectivity index (χ1n) is 9.03. The molecule has 0 aromatic carbocycles.